The Morgan fingerprint density at radius 2 is 1.87 bits per heavy atom. The summed E-state index contributed by atoms with van der Waals surface area (Å²) < 4.78 is 21.9. The number of hydrogen-bond donors (Lipinski definition) is 2. The van der Waals surface area contributed by atoms with Crippen molar-refractivity contribution in [1.29, 1.82) is 0 Å². The van der Waals surface area contributed by atoms with Crippen LogP contribution in [0.1, 0.15) is 46.5 Å². The molecule has 1 aliphatic carbocycles. The Labute approximate surface area is 146 Å². The van der Waals surface area contributed by atoms with E-state index < -0.39 is 13.7 Å². The smallest absolute Gasteiger partial charge is 0.325 e. The minimum Gasteiger partial charge on any atom is -0.382 e. The molecule has 1 aliphatic rings. The molecule has 1 fully saturated rings. The SMILES string of the molecule is COC[C@H](NC(=S)C1CCC(C(C)C)CC1)[C@H](C)OP(C)(=O)O. The molecule has 5 nitrogen and oxygen atoms in total. The minimum atomic E-state index is -3.53. The predicted octanol–water partition coefficient (Wildman–Crippen LogP) is 3.60. The summed E-state index contributed by atoms with van der Waals surface area (Å²) in [7, 11) is -1.93. The Bertz CT molecular complexity index is 418. The Balaban J connectivity index is 2.56. The average molecular weight is 365 g/mol. The van der Waals surface area contributed by atoms with Gasteiger partial charge in [0.25, 0.3) is 0 Å². The lowest BCUT2D eigenvalue weighted by Crippen LogP contribution is -2.47. The first-order valence-corrected chi connectivity index (χ1v) is 10.8. The highest BCUT2D eigenvalue weighted by atomic mass is 32.1. The third-order valence-electron chi connectivity index (χ3n) is 4.69. The summed E-state index contributed by atoms with van der Waals surface area (Å²) in [6.45, 7) is 7.91. The maximum absolute atomic E-state index is 11.5. The molecule has 3 atom stereocenters. The van der Waals surface area contributed by atoms with E-state index in [1.165, 1.54) is 19.5 Å². The van der Waals surface area contributed by atoms with Crippen LogP contribution in [0, 0.1) is 17.8 Å². The summed E-state index contributed by atoms with van der Waals surface area (Å²) in [6, 6.07) is -0.226. The van der Waals surface area contributed by atoms with Crippen molar-refractivity contribution < 1.29 is 18.7 Å². The van der Waals surface area contributed by atoms with E-state index in [0.717, 1.165) is 29.7 Å². The lowest BCUT2D eigenvalue weighted by Gasteiger charge is -2.34. The largest absolute Gasteiger partial charge is 0.382 e. The van der Waals surface area contributed by atoms with Crippen LogP contribution in [0.4, 0.5) is 0 Å². The molecule has 0 aromatic heterocycles. The van der Waals surface area contributed by atoms with Crippen molar-refractivity contribution in [2.24, 2.45) is 17.8 Å². The summed E-state index contributed by atoms with van der Waals surface area (Å²) in [4.78, 5) is 10.2. The van der Waals surface area contributed by atoms with E-state index in [2.05, 4.69) is 19.2 Å². The lowest BCUT2D eigenvalue weighted by atomic mass is 9.77. The maximum Gasteiger partial charge on any atom is 0.325 e. The second-order valence-corrected chi connectivity index (χ2v) is 9.30. The predicted molar refractivity (Wildman–Crippen MR) is 98.0 cm³/mol. The van der Waals surface area contributed by atoms with Crippen LogP contribution in [-0.2, 0) is 13.8 Å². The quantitative estimate of drug-likeness (QED) is 0.506. The minimum absolute atomic E-state index is 0.226. The van der Waals surface area contributed by atoms with Crippen molar-refractivity contribution in [1.82, 2.24) is 5.32 Å². The van der Waals surface area contributed by atoms with Gasteiger partial charge in [0.1, 0.15) is 0 Å². The topological polar surface area (TPSA) is 67.8 Å². The van der Waals surface area contributed by atoms with E-state index in [1.54, 1.807) is 14.0 Å². The van der Waals surface area contributed by atoms with Crippen LogP contribution in [0.2, 0.25) is 0 Å². The first kappa shape index (κ1) is 21.0. The fourth-order valence-electron chi connectivity index (χ4n) is 3.20. The van der Waals surface area contributed by atoms with Crippen LogP contribution in [-0.4, -0.2) is 42.4 Å². The third-order valence-corrected chi connectivity index (χ3v) is 5.86. The van der Waals surface area contributed by atoms with Gasteiger partial charge in [0.2, 0.25) is 0 Å². The van der Waals surface area contributed by atoms with Gasteiger partial charge in [0.05, 0.1) is 23.7 Å². The number of rotatable bonds is 8. The lowest BCUT2D eigenvalue weighted by molar-refractivity contribution is 0.0959. The second-order valence-electron chi connectivity index (χ2n) is 7.04. The highest BCUT2D eigenvalue weighted by molar-refractivity contribution is 7.80. The summed E-state index contributed by atoms with van der Waals surface area (Å²) in [5, 5.41) is 3.30. The van der Waals surface area contributed by atoms with Crippen molar-refractivity contribution in [2.45, 2.75) is 58.6 Å². The zero-order valence-electron chi connectivity index (χ0n) is 14.9. The van der Waals surface area contributed by atoms with Gasteiger partial charge < -0.3 is 19.5 Å². The van der Waals surface area contributed by atoms with Crippen molar-refractivity contribution in [3.63, 3.8) is 0 Å². The monoisotopic (exact) mass is 365 g/mol. The van der Waals surface area contributed by atoms with Crippen LogP contribution in [0.15, 0.2) is 0 Å². The number of nitrogens with one attached hydrogen (secondary N) is 1. The maximum atomic E-state index is 11.5. The van der Waals surface area contributed by atoms with E-state index in [4.69, 9.17) is 21.5 Å². The third kappa shape index (κ3) is 7.61. The van der Waals surface area contributed by atoms with E-state index in [1.807, 2.05) is 0 Å². The van der Waals surface area contributed by atoms with Crippen LogP contribution >= 0.6 is 19.8 Å². The molecule has 1 saturated carbocycles. The average Bonchev–Trinajstić information content (AvgIpc) is 2.45. The summed E-state index contributed by atoms with van der Waals surface area (Å²) in [5.41, 5.74) is 0. The fourth-order valence-corrected chi connectivity index (χ4v) is 4.36. The summed E-state index contributed by atoms with van der Waals surface area (Å²) in [6.07, 6.45) is 4.18. The molecule has 0 aromatic carbocycles. The Kier molecular flexibility index (Phi) is 8.67. The molecule has 0 radical (unpaired) electrons. The molecular weight excluding hydrogens is 333 g/mol. The molecule has 0 aromatic rings. The molecule has 0 saturated heterocycles. The second kappa shape index (κ2) is 9.47. The molecule has 0 bridgehead atoms. The molecule has 0 amide bonds. The zero-order chi connectivity index (χ0) is 17.6. The van der Waals surface area contributed by atoms with Crippen LogP contribution in [0.3, 0.4) is 0 Å². The molecule has 0 aliphatic heterocycles. The molecule has 0 spiro atoms. The van der Waals surface area contributed by atoms with Gasteiger partial charge in [-0.3, -0.25) is 4.57 Å². The van der Waals surface area contributed by atoms with Crippen molar-refractivity contribution in [3.8, 4) is 0 Å². The highest BCUT2D eigenvalue weighted by Gasteiger charge is 2.29. The van der Waals surface area contributed by atoms with Crippen LogP contribution in [0.5, 0.6) is 0 Å². The zero-order valence-corrected chi connectivity index (χ0v) is 16.7. The normalized spacial score (nSPS) is 27.3. The molecule has 1 unspecified atom stereocenters. The molecule has 0 heterocycles. The highest BCUT2D eigenvalue weighted by Crippen LogP contribution is 2.39. The number of thiocarbonyl (C=S) groups is 1. The number of ether oxygens (including phenoxy) is 1. The molecular formula is C16H32NO4PS. The van der Waals surface area contributed by atoms with E-state index in [-0.39, 0.29) is 6.04 Å². The molecule has 23 heavy (non-hydrogen) atoms. The van der Waals surface area contributed by atoms with Gasteiger partial charge in [-0.15, -0.1) is 0 Å². The molecule has 2 N–H and O–H groups in total. The number of methoxy groups -OCH3 is 1. The van der Waals surface area contributed by atoms with Gasteiger partial charge in [0.15, 0.2) is 0 Å². The van der Waals surface area contributed by atoms with Gasteiger partial charge in [-0.25, -0.2) is 0 Å². The van der Waals surface area contributed by atoms with Gasteiger partial charge in [-0.05, 0) is 44.4 Å². The van der Waals surface area contributed by atoms with E-state index >= 15 is 0 Å². The van der Waals surface area contributed by atoms with E-state index in [0.29, 0.717) is 12.5 Å². The van der Waals surface area contributed by atoms with Crippen molar-refractivity contribution >= 4 is 24.8 Å². The summed E-state index contributed by atoms with van der Waals surface area (Å²) >= 11 is 5.58. The van der Waals surface area contributed by atoms with Gasteiger partial charge >= 0.3 is 7.60 Å². The van der Waals surface area contributed by atoms with Crippen molar-refractivity contribution in [2.75, 3.05) is 20.4 Å². The van der Waals surface area contributed by atoms with E-state index in [9.17, 15) is 9.46 Å². The molecule has 136 valence electrons. The first-order valence-electron chi connectivity index (χ1n) is 8.42. The Morgan fingerprint density at radius 1 is 1.30 bits per heavy atom. The number of hydrogen-bond acceptors (Lipinski definition) is 4. The fraction of sp³-hybridized carbons (Fsp3) is 0.938. The Morgan fingerprint density at radius 3 is 2.30 bits per heavy atom. The van der Waals surface area contributed by atoms with Gasteiger partial charge in [-0.2, -0.15) is 0 Å². The van der Waals surface area contributed by atoms with Crippen molar-refractivity contribution in [3.05, 3.63) is 0 Å². The van der Waals surface area contributed by atoms with Gasteiger partial charge in [-0.1, -0.05) is 26.1 Å². The van der Waals surface area contributed by atoms with Crippen LogP contribution in [0.25, 0.3) is 0 Å². The van der Waals surface area contributed by atoms with Crippen LogP contribution < -0.4 is 5.32 Å². The molecule has 1 rings (SSSR count). The first-order chi connectivity index (χ1) is 10.6. The standard InChI is InChI=1S/C16H32NO4PS/c1-11(2)13-6-8-14(9-7-13)16(23)17-15(10-20-4)12(3)21-22(5,18)19/h11-15H,6-10H2,1-5H3,(H,17,23)(H,18,19)/t12-,13?,14?,15-/m0/s1. The summed E-state index contributed by atoms with van der Waals surface area (Å²) in [5.74, 6) is 1.91. The molecule has 7 heteroatoms. The Hall–Kier alpha value is -0.0000000000000000208. The van der Waals surface area contributed by atoms with Gasteiger partial charge in [0, 0.05) is 19.7 Å².